The molecule has 0 unspecified atom stereocenters. The summed E-state index contributed by atoms with van der Waals surface area (Å²) in [6.45, 7) is 6.97. The van der Waals surface area contributed by atoms with E-state index in [1.807, 2.05) is 0 Å². The number of hydrogen-bond donors (Lipinski definition) is 2. The number of nitrogens with one attached hydrogen (secondary N) is 1. The van der Waals surface area contributed by atoms with Gasteiger partial charge < -0.3 is 16.0 Å². The zero-order chi connectivity index (χ0) is 15.2. The number of hydrogen-bond acceptors (Lipinski definition) is 2. The highest BCUT2D eigenvalue weighted by atomic mass is 15.1. The minimum atomic E-state index is -0.0321. The Bertz CT molecular complexity index is 427. The summed E-state index contributed by atoms with van der Waals surface area (Å²) in [6, 6.07) is 8.65. The van der Waals surface area contributed by atoms with Gasteiger partial charge in [0.1, 0.15) is 0 Å². The molecule has 0 aromatic heterocycles. The van der Waals surface area contributed by atoms with E-state index < -0.39 is 0 Å². The maximum Gasteiger partial charge on any atom is 0.188 e. The molecule has 0 aliphatic rings. The Morgan fingerprint density at radius 2 is 1.80 bits per heavy atom. The highest BCUT2D eigenvalue weighted by molar-refractivity contribution is 5.78. The summed E-state index contributed by atoms with van der Waals surface area (Å²) in [5.41, 5.74) is 8.36. The van der Waals surface area contributed by atoms with Crippen LogP contribution in [0.3, 0.4) is 0 Å². The second kappa shape index (κ2) is 7.17. The van der Waals surface area contributed by atoms with Crippen LogP contribution in [0.25, 0.3) is 0 Å². The van der Waals surface area contributed by atoms with Crippen LogP contribution in [0, 0.1) is 0 Å². The average molecular weight is 276 g/mol. The standard InChI is InChI=1S/C16H28N4/c1-16(2,3)19-15(17)18-12-6-7-13-8-10-14(11-9-13)20(4)5/h8-11H,6-7,12H2,1-5H3,(H3,17,18,19). The van der Waals surface area contributed by atoms with Gasteiger partial charge in [0.05, 0.1) is 0 Å². The van der Waals surface area contributed by atoms with Gasteiger partial charge in [-0.05, 0) is 51.3 Å². The van der Waals surface area contributed by atoms with Crippen molar-refractivity contribution in [3.63, 3.8) is 0 Å². The molecular formula is C16H28N4. The second-order valence-corrected chi connectivity index (χ2v) is 6.31. The Morgan fingerprint density at radius 1 is 1.20 bits per heavy atom. The maximum atomic E-state index is 5.83. The lowest BCUT2D eigenvalue weighted by molar-refractivity contribution is 0.508. The first-order chi connectivity index (χ1) is 9.28. The van der Waals surface area contributed by atoms with Gasteiger partial charge in [-0.3, -0.25) is 4.99 Å². The minimum Gasteiger partial charge on any atom is -0.378 e. The molecule has 1 aromatic rings. The van der Waals surface area contributed by atoms with Crippen LogP contribution in [0.1, 0.15) is 32.8 Å². The van der Waals surface area contributed by atoms with Crippen molar-refractivity contribution in [2.24, 2.45) is 10.7 Å². The van der Waals surface area contributed by atoms with Gasteiger partial charge in [0.25, 0.3) is 0 Å². The molecule has 20 heavy (non-hydrogen) atoms. The van der Waals surface area contributed by atoms with Crippen LogP contribution in [0.4, 0.5) is 5.69 Å². The SMILES string of the molecule is CN(C)c1ccc(CCCN=C(N)NC(C)(C)C)cc1. The number of benzene rings is 1. The molecule has 1 aromatic carbocycles. The van der Waals surface area contributed by atoms with Gasteiger partial charge in [-0.2, -0.15) is 0 Å². The second-order valence-electron chi connectivity index (χ2n) is 6.31. The molecule has 4 nitrogen and oxygen atoms in total. The minimum absolute atomic E-state index is 0.0321. The lowest BCUT2D eigenvalue weighted by Crippen LogP contribution is -2.45. The number of guanidine groups is 1. The summed E-state index contributed by atoms with van der Waals surface area (Å²) in [7, 11) is 4.10. The topological polar surface area (TPSA) is 53.6 Å². The summed E-state index contributed by atoms with van der Waals surface area (Å²) >= 11 is 0. The van der Waals surface area contributed by atoms with Crippen LogP contribution in [0.5, 0.6) is 0 Å². The zero-order valence-electron chi connectivity index (χ0n) is 13.4. The number of anilines is 1. The van der Waals surface area contributed by atoms with Crippen LogP contribution in [0.15, 0.2) is 29.3 Å². The molecule has 0 aliphatic heterocycles. The molecule has 0 amide bonds. The van der Waals surface area contributed by atoms with Gasteiger partial charge in [-0.1, -0.05) is 12.1 Å². The smallest absolute Gasteiger partial charge is 0.188 e. The van der Waals surface area contributed by atoms with Crippen molar-refractivity contribution >= 4 is 11.6 Å². The summed E-state index contributed by atoms with van der Waals surface area (Å²) in [6.07, 6.45) is 2.04. The van der Waals surface area contributed by atoms with Crippen molar-refractivity contribution in [3.8, 4) is 0 Å². The summed E-state index contributed by atoms with van der Waals surface area (Å²) in [4.78, 5) is 6.45. The third-order valence-electron chi connectivity index (χ3n) is 2.86. The molecule has 0 saturated carbocycles. The highest BCUT2D eigenvalue weighted by Crippen LogP contribution is 2.13. The molecule has 0 bridgehead atoms. The fourth-order valence-corrected chi connectivity index (χ4v) is 1.87. The first-order valence-electron chi connectivity index (χ1n) is 7.12. The Balaban J connectivity index is 2.35. The van der Waals surface area contributed by atoms with Crippen molar-refractivity contribution in [1.29, 1.82) is 0 Å². The van der Waals surface area contributed by atoms with Crippen LogP contribution in [-0.2, 0) is 6.42 Å². The molecule has 112 valence electrons. The molecule has 4 heteroatoms. The van der Waals surface area contributed by atoms with E-state index in [0.29, 0.717) is 5.96 Å². The van der Waals surface area contributed by atoms with Gasteiger partial charge in [0.15, 0.2) is 5.96 Å². The summed E-state index contributed by atoms with van der Waals surface area (Å²) in [5, 5.41) is 3.16. The molecule has 0 heterocycles. The van der Waals surface area contributed by atoms with E-state index >= 15 is 0 Å². The molecule has 0 atom stereocenters. The van der Waals surface area contributed by atoms with Crippen LogP contribution < -0.4 is 16.0 Å². The van der Waals surface area contributed by atoms with Crippen molar-refractivity contribution in [2.45, 2.75) is 39.2 Å². The van der Waals surface area contributed by atoms with E-state index in [1.165, 1.54) is 11.3 Å². The normalized spacial score (nSPS) is 12.3. The van der Waals surface area contributed by atoms with Gasteiger partial charge >= 0.3 is 0 Å². The van der Waals surface area contributed by atoms with Crippen molar-refractivity contribution in [3.05, 3.63) is 29.8 Å². The average Bonchev–Trinajstić information content (AvgIpc) is 2.33. The van der Waals surface area contributed by atoms with Gasteiger partial charge in [-0.15, -0.1) is 0 Å². The van der Waals surface area contributed by atoms with E-state index in [0.717, 1.165) is 19.4 Å². The van der Waals surface area contributed by atoms with Crippen molar-refractivity contribution < 1.29 is 0 Å². The quantitative estimate of drug-likeness (QED) is 0.493. The molecular weight excluding hydrogens is 248 g/mol. The summed E-state index contributed by atoms with van der Waals surface area (Å²) < 4.78 is 0. The molecule has 0 aliphatic carbocycles. The number of rotatable bonds is 5. The van der Waals surface area contributed by atoms with Crippen LogP contribution in [0.2, 0.25) is 0 Å². The van der Waals surface area contributed by atoms with Crippen molar-refractivity contribution in [2.75, 3.05) is 25.5 Å². The van der Waals surface area contributed by atoms with E-state index in [-0.39, 0.29) is 5.54 Å². The van der Waals surface area contributed by atoms with Gasteiger partial charge in [0, 0.05) is 31.9 Å². The predicted octanol–water partition coefficient (Wildman–Crippen LogP) is 2.39. The molecule has 0 spiro atoms. The predicted molar refractivity (Wildman–Crippen MR) is 88.5 cm³/mol. The Kier molecular flexibility index (Phi) is 5.86. The first-order valence-corrected chi connectivity index (χ1v) is 7.12. The number of nitrogens with zero attached hydrogens (tertiary/aromatic N) is 2. The van der Waals surface area contributed by atoms with E-state index in [4.69, 9.17) is 5.73 Å². The Labute approximate surface area is 123 Å². The largest absolute Gasteiger partial charge is 0.378 e. The van der Waals surface area contributed by atoms with Crippen molar-refractivity contribution in [1.82, 2.24) is 5.32 Å². The zero-order valence-corrected chi connectivity index (χ0v) is 13.4. The van der Waals surface area contributed by atoms with E-state index in [9.17, 15) is 0 Å². The Morgan fingerprint density at radius 3 is 2.30 bits per heavy atom. The third kappa shape index (κ3) is 6.45. The van der Waals surface area contributed by atoms with Gasteiger partial charge in [-0.25, -0.2) is 0 Å². The lowest BCUT2D eigenvalue weighted by atomic mass is 10.1. The number of aliphatic imine (C=N–C) groups is 1. The number of aryl methyl sites for hydroxylation is 1. The molecule has 3 N–H and O–H groups in total. The molecule has 0 saturated heterocycles. The van der Waals surface area contributed by atoms with Gasteiger partial charge in [0.2, 0.25) is 0 Å². The monoisotopic (exact) mass is 276 g/mol. The highest BCUT2D eigenvalue weighted by Gasteiger charge is 2.09. The molecule has 0 radical (unpaired) electrons. The third-order valence-corrected chi connectivity index (χ3v) is 2.86. The first kappa shape index (κ1) is 16.3. The lowest BCUT2D eigenvalue weighted by Gasteiger charge is -2.20. The van der Waals surface area contributed by atoms with Crippen LogP contribution >= 0.6 is 0 Å². The van der Waals surface area contributed by atoms with E-state index in [2.05, 4.69) is 74.3 Å². The van der Waals surface area contributed by atoms with Crippen LogP contribution in [-0.4, -0.2) is 32.1 Å². The summed E-state index contributed by atoms with van der Waals surface area (Å²) in [5.74, 6) is 0.528. The molecule has 0 fully saturated rings. The molecule has 1 rings (SSSR count). The number of nitrogens with two attached hydrogens (primary N) is 1. The van der Waals surface area contributed by atoms with E-state index in [1.54, 1.807) is 0 Å². The Hall–Kier alpha value is -1.71. The maximum absolute atomic E-state index is 5.83. The fraction of sp³-hybridized carbons (Fsp3) is 0.562. The fourth-order valence-electron chi connectivity index (χ4n) is 1.87.